The quantitative estimate of drug-likeness (QED) is 0.787. The Kier molecular flexibility index (Phi) is 3.31. The van der Waals surface area contributed by atoms with Gasteiger partial charge in [0.2, 0.25) is 5.89 Å². The molecule has 7 heteroatoms. The summed E-state index contributed by atoms with van der Waals surface area (Å²) in [6, 6.07) is 4.82. The molecule has 5 nitrogen and oxygen atoms in total. The maximum Gasteiger partial charge on any atom is 0.396 e. The third-order valence-electron chi connectivity index (χ3n) is 1.95. The summed E-state index contributed by atoms with van der Waals surface area (Å²) in [7, 11) is 1.23. The molecule has 1 heterocycles. The number of hydrogen-bond donors (Lipinski definition) is 0. The largest absolute Gasteiger partial charge is 0.462 e. The molecule has 0 amide bonds. The summed E-state index contributed by atoms with van der Waals surface area (Å²) in [5.41, 5.74) is 0.571. The van der Waals surface area contributed by atoms with Crippen molar-refractivity contribution >= 4 is 29.2 Å². The summed E-state index contributed by atoms with van der Waals surface area (Å²) in [6.07, 6.45) is 0. The molecule has 0 aliphatic rings. The van der Waals surface area contributed by atoms with Crippen LogP contribution in [0.5, 0.6) is 0 Å². The van der Waals surface area contributed by atoms with Crippen molar-refractivity contribution in [1.29, 1.82) is 0 Å². The van der Waals surface area contributed by atoms with Crippen LogP contribution in [0.15, 0.2) is 22.6 Å². The van der Waals surface area contributed by atoms with E-state index in [1.165, 1.54) is 7.11 Å². The van der Waals surface area contributed by atoms with Crippen molar-refractivity contribution in [1.82, 2.24) is 10.2 Å². The Hall–Kier alpha value is -1.59. The van der Waals surface area contributed by atoms with Gasteiger partial charge in [0.05, 0.1) is 17.2 Å². The fraction of sp³-hybridized carbons (Fsp3) is 0.100. The number of ether oxygens (including phenoxy) is 1. The van der Waals surface area contributed by atoms with Gasteiger partial charge in [-0.1, -0.05) is 23.2 Å². The zero-order chi connectivity index (χ0) is 12.4. The Labute approximate surface area is 106 Å². The van der Waals surface area contributed by atoms with Crippen LogP contribution >= 0.6 is 23.2 Å². The van der Waals surface area contributed by atoms with Gasteiger partial charge in [0.25, 0.3) is 0 Å². The van der Waals surface area contributed by atoms with Crippen molar-refractivity contribution in [3.8, 4) is 11.5 Å². The molecule has 1 aromatic heterocycles. The van der Waals surface area contributed by atoms with Crippen LogP contribution in [0.3, 0.4) is 0 Å². The summed E-state index contributed by atoms with van der Waals surface area (Å²) in [5, 5.41) is 8.04. The van der Waals surface area contributed by atoms with Crippen LogP contribution in [0.1, 0.15) is 10.7 Å². The fourth-order valence-corrected chi connectivity index (χ4v) is 1.44. The first-order chi connectivity index (χ1) is 8.11. The van der Waals surface area contributed by atoms with Crippen LogP contribution < -0.4 is 0 Å². The molecule has 0 N–H and O–H groups in total. The summed E-state index contributed by atoms with van der Waals surface area (Å²) in [6.45, 7) is 0. The van der Waals surface area contributed by atoms with Gasteiger partial charge in [0.1, 0.15) is 0 Å². The first-order valence-corrected chi connectivity index (χ1v) is 5.24. The Bertz CT molecular complexity index is 568. The number of carbonyl (C=O) groups is 1. The second kappa shape index (κ2) is 4.73. The van der Waals surface area contributed by atoms with E-state index in [4.69, 9.17) is 27.6 Å². The van der Waals surface area contributed by atoms with Crippen molar-refractivity contribution in [3.05, 3.63) is 34.1 Å². The highest BCUT2D eigenvalue weighted by Crippen LogP contribution is 2.27. The zero-order valence-corrected chi connectivity index (χ0v) is 10.1. The lowest BCUT2D eigenvalue weighted by Gasteiger charge is -1.97. The predicted octanol–water partition coefficient (Wildman–Crippen LogP) is 2.83. The Morgan fingerprint density at radius 3 is 2.71 bits per heavy atom. The molecule has 0 aliphatic carbocycles. The number of nitrogens with zero attached hydrogens (tertiary/aromatic N) is 2. The second-order valence-corrected chi connectivity index (χ2v) is 3.85. The second-order valence-electron chi connectivity index (χ2n) is 3.03. The molecule has 0 bridgehead atoms. The summed E-state index contributed by atoms with van der Waals surface area (Å²) in [4.78, 5) is 11.1. The van der Waals surface area contributed by atoms with Gasteiger partial charge in [-0.15, -0.1) is 10.2 Å². The number of benzene rings is 1. The highest BCUT2D eigenvalue weighted by molar-refractivity contribution is 6.42. The van der Waals surface area contributed by atoms with Gasteiger partial charge in [-0.3, -0.25) is 0 Å². The molecule has 17 heavy (non-hydrogen) atoms. The third kappa shape index (κ3) is 2.40. The van der Waals surface area contributed by atoms with Crippen molar-refractivity contribution < 1.29 is 13.9 Å². The molecular formula is C10H6Cl2N2O3. The minimum atomic E-state index is -0.691. The van der Waals surface area contributed by atoms with Crippen LogP contribution in [0.2, 0.25) is 10.0 Å². The van der Waals surface area contributed by atoms with Gasteiger partial charge in [-0.25, -0.2) is 4.79 Å². The first-order valence-electron chi connectivity index (χ1n) is 4.49. The summed E-state index contributed by atoms with van der Waals surface area (Å²) < 4.78 is 9.56. The lowest BCUT2D eigenvalue weighted by Crippen LogP contribution is -2.00. The number of aromatic nitrogens is 2. The lowest BCUT2D eigenvalue weighted by molar-refractivity contribution is 0.0556. The predicted molar refractivity (Wildman–Crippen MR) is 61.1 cm³/mol. The normalized spacial score (nSPS) is 10.3. The first kappa shape index (κ1) is 11.9. The van der Waals surface area contributed by atoms with Crippen LogP contribution in [0.25, 0.3) is 11.5 Å². The zero-order valence-electron chi connectivity index (χ0n) is 8.61. The van der Waals surface area contributed by atoms with Gasteiger partial charge in [0.15, 0.2) is 0 Å². The highest BCUT2D eigenvalue weighted by Gasteiger charge is 2.16. The van der Waals surface area contributed by atoms with E-state index in [-0.39, 0.29) is 11.8 Å². The van der Waals surface area contributed by atoms with Gasteiger partial charge in [0, 0.05) is 5.56 Å². The number of methoxy groups -OCH3 is 1. The van der Waals surface area contributed by atoms with E-state index < -0.39 is 5.97 Å². The molecule has 0 atom stereocenters. The molecule has 0 fully saturated rings. The lowest BCUT2D eigenvalue weighted by atomic mass is 10.2. The maximum absolute atomic E-state index is 11.1. The van der Waals surface area contributed by atoms with Gasteiger partial charge >= 0.3 is 11.9 Å². The fourth-order valence-electron chi connectivity index (χ4n) is 1.14. The molecule has 0 radical (unpaired) electrons. The van der Waals surface area contributed by atoms with E-state index in [0.717, 1.165) is 0 Å². The monoisotopic (exact) mass is 272 g/mol. The van der Waals surface area contributed by atoms with E-state index in [9.17, 15) is 4.79 Å². The number of carbonyl (C=O) groups excluding carboxylic acids is 1. The number of esters is 1. The van der Waals surface area contributed by atoms with Crippen LogP contribution in [0.4, 0.5) is 0 Å². The molecule has 0 spiro atoms. The Morgan fingerprint density at radius 2 is 2.06 bits per heavy atom. The molecule has 2 aromatic rings. The SMILES string of the molecule is COC(=O)c1nnc(-c2ccc(Cl)c(Cl)c2)o1. The molecule has 88 valence electrons. The standard InChI is InChI=1S/C10H6Cl2N2O3/c1-16-10(15)9-14-13-8(17-9)5-2-3-6(11)7(12)4-5/h2-4H,1H3. The average Bonchev–Trinajstić information content (AvgIpc) is 2.81. The van der Waals surface area contributed by atoms with Crippen molar-refractivity contribution in [2.75, 3.05) is 7.11 Å². The maximum atomic E-state index is 11.1. The Morgan fingerprint density at radius 1 is 1.29 bits per heavy atom. The molecule has 0 saturated carbocycles. The third-order valence-corrected chi connectivity index (χ3v) is 2.69. The minimum absolute atomic E-state index is 0.170. The van der Waals surface area contributed by atoms with Gasteiger partial charge in [-0.05, 0) is 18.2 Å². The van der Waals surface area contributed by atoms with E-state index in [1.807, 2.05) is 0 Å². The van der Waals surface area contributed by atoms with E-state index in [1.54, 1.807) is 18.2 Å². The summed E-state index contributed by atoms with van der Waals surface area (Å²) >= 11 is 11.6. The topological polar surface area (TPSA) is 65.2 Å². The molecule has 0 unspecified atom stereocenters. The van der Waals surface area contributed by atoms with Crippen LogP contribution in [0, 0.1) is 0 Å². The van der Waals surface area contributed by atoms with E-state index >= 15 is 0 Å². The average molecular weight is 273 g/mol. The van der Waals surface area contributed by atoms with Crippen molar-refractivity contribution in [3.63, 3.8) is 0 Å². The number of halogens is 2. The van der Waals surface area contributed by atoms with E-state index in [2.05, 4.69) is 14.9 Å². The minimum Gasteiger partial charge on any atom is -0.462 e. The number of rotatable bonds is 2. The van der Waals surface area contributed by atoms with Gasteiger partial charge < -0.3 is 9.15 Å². The highest BCUT2D eigenvalue weighted by atomic mass is 35.5. The molecule has 1 aromatic carbocycles. The number of hydrogen-bond acceptors (Lipinski definition) is 5. The van der Waals surface area contributed by atoms with Crippen molar-refractivity contribution in [2.45, 2.75) is 0 Å². The van der Waals surface area contributed by atoms with Gasteiger partial charge in [-0.2, -0.15) is 0 Å². The summed E-state index contributed by atoms with van der Waals surface area (Å²) in [5.74, 6) is -0.735. The molecule has 2 rings (SSSR count). The molecule has 0 saturated heterocycles. The smallest absolute Gasteiger partial charge is 0.396 e. The van der Waals surface area contributed by atoms with Crippen LogP contribution in [-0.2, 0) is 4.74 Å². The molecular weight excluding hydrogens is 267 g/mol. The van der Waals surface area contributed by atoms with Crippen molar-refractivity contribution in [2.24, 2.45) is 0 Å². The molecule has 0 aliphatic heterocycles. The Balaban J connectivity index is 2.37. The van der Waals surface area contributed by atoms with E-state index in [0.29, 0.717) is 15.6 Å². The van der Waals surface area contributed by atoms with Crippen LogP contribution in [-0.4, -0.2) is 23.3 Å².